The Hall–Kier alpha value is -1.88. The molecule has 5 nitrogen and oxygen atoms in total. The van der Waals surface area contributed by atoms with Gasteiger partial charge in [0, 0.05) is 19.4 Å². The lowest BCUT2D eigenvalue weighted by molar-refractivity contribution is -0.121. The Morgan fingerprint density at radius 2 is 1.90 bits per heavy atom. The van der Waals surface area contributed by atoms with Crippen molar-refractivity contribution in [2.75, 3.05) is 6.54 Å². The third kappa shape index (κ3) is 3.81. The van der Waals surface area contributed by atoms with Crippen LogP contribution in [0.1, 0.15) is 31.2 Å². The van der Waals surface area contributed by atoms with Gasteiger partial charge < -0.3 is 15.8 Å². The van der Waals surface area contributed by atoms with Crippen molar-refractivity contribution in [2.45, 2.75) is 37.8 Å². The fraction of sp³-hybridized carbons (Fsp3) is 0.467. The number of amides is 1. The lowest BCUT2D eigenvalue weighted by Crippen LogP contribution is -2.55. The molecule has 2 rings (SSSR count). The number of carbonyl (C=O) groups is 2. The average Bonchev–Trinajstić information content (AvgIpc) is 2.49. The SMILES string of the molecule is NCC1(NC(=O)OCc2ccccc2)CCC(=O)CC1. The van der Waals surface area contributed by atoms with Gasteiger partial charge in [0.1, 0.15) is 12.4 Å². The van der Waals surface area contributed by atoms with Crippen LogP contribution in [-0.2, 0) is 16.1 Å². The third-order valence-corrected chi connectivity index (χ3v) is 3.74. The van der Waals surface area contributed by atoms with E-state index in [0.717, 1.165) is 5.56 Å². The molecule has 3 N–H and O–H groups in total. The van der Waals surface area contributed by atoms with E-state index in [1.165, 1.54) is 0 Å². The van der Waals surface area contributed by atoms with E-state index in [9.17, 15) is 9.59 Å². The minimum atomic E-state index is -0.498. The molecule has 0 radical (unpaired) electrons. The fourth-order valence-corrected chi connectivity index (χ4v) is 2.36. The normalized spacial score (nSPS) is 17.6. The van der Waals surface area contributed by atoms with E-state index < -0.39 is 11.6 Å². The number of hydrogen-bond donors (Lipinski definition) is 2. The van der Waals surface area contributed by atoms with Crippen molar-refractivity contribution < 1.29 is 14.3 Å². The maximum Gasteiger partial charge on any atom is 0.407 e. The third-order valence-electron chi connectivity index (χ3n) is 3.74. The zero-order chi connectivity index (χ0) is 14.4. The van der Waals surface area contributed by atoms with Crippen LogP contribution in [0, 0.1) is 0 Å². The number of hydrogen-bond acceptors (Lipinski definition) is 4. The molecule has 0 saturated heterocycles. The van der Waals surface area contributed by atoms with E-state index in [2.05, 4.69) is 5.32 Å². The van der Waals surface area contributed by atoms with Crippen LogP contribution in [0.15, 0.2) is 30.3 Å². The minimum Gasteiger partial charge on any atom is -0.445 e. The van der Waals surface area contributed by atoms with Crippen molar-refractivity contribution in [1.82, 2.24) is 5.32 Å². The largest absolute Gasteiger partial charge is 0.445 e. The molecular formula is C15H20N2O3. The highest BCUT2D eigenvalue weighted by atomic mass is 16.5. The summed E-state index contributed by atoms with van der Waals surface area (Å²) in [6, 6.07) is 9.48. The van der Waals surface area contributed by atoms with Gasteiger partial charge in [0.15, 0.2) is 0 Å². The lowest BCUT2D eigenvalue weighted by atomic mass is 9.81. The number of nitrogens with one attached hydrogen (secondary N) is 1. The van der Waals surface area contributed by atoms with Gasteiger partial charge in [-0.05, 0) is 18.4 Å². The fourth-order valence-electron chi connectivity index (χ4n) is 2.36. The van der Waals surface area contributed by atoms with Crippen molar-refractivity contribution in [1.29, 1.82) is 0 Å². The number of alkyl carbamates (subject to hydrolysis) is 1. The van der Waals surface area contributed by atoms with Crippen LogP contribution in [0.4, 0.5) is 4.79 Å². The first kappa shape index (κ1) is 14.5. The predicted octanol–water partition coefficient (Wildman–Crippen LogP) is 1.75. The quantitative estimate of drug-likeness (QED) is 0.878. The van der Waals surface area contributed by atoms with E-state index in [0.29, 0.717) is 32.2 Å². The average molecular weight is 276 g/mol. The van der Waals surface area contributed by atoms with Crippen molar-refractivity contribution in [3.63, 3.8) is 0 Å². The molecular weight excluding hydrogens is 256 g/mol. The van der Waals surface area contributed by atoms with Crippen LogP contribution in [0.3, 0.4) is 0 Å². The summed E-state index contributed by atoms with van der Waals surface area (Å²) in [5.41, 5.74) is 6.19. The second kappa shape index (κ2) is 6.52. The molecule has 1 aliphatic carbocycles. The van der Waals surface area contributed by atoms with Crippen LogP contribution < -0.4 is 11.1 Å². The lowest BCUT2D eigenvalue weighted by Gasteiger charge is -2.35. The molecule has 0 unspecified atom stereocenters. The summed E-state index contributed by atoms with van der Waals surface area (Å²) >= 11 is 0. The second-order valence-electron chi connectivity index (χ2n) is 5.21. The first-order valence-electron chi connectivity index (χ1n) is 6.84. The topological polar surface area (TPSA) is 81.4 Å². The van der Waals surface area contributed by atoms with Crippen LogP contribution in [-0.4, -0.2) is 24.0 Å². The van der Waals surface area contributed by atoms with Gasteiger partial charge in [-0.1, -0.05) is 30.3 Å². The van der Waals surface area contributed by atoms with Gasteiger partial charge >= 0.3 is 6.09 Å². The number of carbonyl (C=O) groups excluding carboxylic acids is 2. The molecule has 0 aliphatic heterocycles. The van der Waals surface area contributed by atoms with Crippen molar-refractivity contribution >= 4 is 11.9 Å². The number of Topliss-reactive ketones (excluding diaryl/α,β-unsaturated/α-hetero) is 1. The van der Waals surface area contributed by atoms with Gasteiger partial charge in [0.05, 0.1) is 5.54 Å². The number of rotatable bonds is 4. The van der Waals surface area contributed by atoms with Gasteiger partial charge in [0.25, 0.3) is 0 Å². The maximum atomic E-state index is 11.9. The zero-order valence-electron chi connectivity index (χ0n) is 11.4. The van der Waals surface area contributed by atoms with Gasteiger partial charge in [-0.25, -0.2) is 4.79 Å². The molecule has 1 aromatic rings. The predicted molar refractivity (Wildman–Crippen MR) is 75.0 cm³/mol. The van der Waals surface area contributed by atoms with E-state index in [1.807, 2.05) is 30.3 Å². The van der Waals surface area contributed by atoms with Gasteiger partial charge in [-0.15, -0.1) is 0 Å². The zero-order valence-corrected chi connectivity index (χ0v) is 11.4. The Kier molecular flexibility index (Phi) is 4.74. The molecule has 1 amide bonds. The van der Waals surface area contributed by atoms with E-state index in [4.69, 9.17) is 10.5 Å². The Morgan fingerprint density at radius 1 is 1.25 bits per heavy atom. The van der Waals surface area contributed by atoms with Gasteiger partial charge in [-0.3, -0.25) is 4.79 Å². The van der Waals surface area contributed by atoms with Crippen molar-refractivity contribution in [3.05, 3.63) is 35.9 Å². The summed E-state index contributed by atoms with van der Waals surface area (Å²) in [4.78, 5) is 23.1. The summed E-state index contributed by atoms with van der Waals surface area (Å²) < 4.78 is 5.19. The summed E-state index contributed by atoms with van der Waals surface area (Å²) in [6.45, 7) is 0.549. The molecule has 20 heavy (non-hydrogen) atoms. The monoisotopic (exact) mass is 276 g/mol. The maximum absolute atomic E-state index is 11.9. The van der Waals surface area contributed by atoms with Gasteiger partial charge in [0.2, 0.25) is 0 Å². The van der Waals surface area contributed by atoms with Crippen LogP contribution in [0.5, 0.6) is 0 Å². The van der Waals surface area contributed by atoms with Crippen molar-refractivity contribution in [2.24, 2.45) is 5.73 Å². The summed E-state index contributed by atoms with van der Waals surface area (Å²) in [5, 5.41) is 2.83. The van der Waals surface area contributed by atoms with Gasteiger partial charge in [-0.2, -0.15) is 0 Å². The Morgan fingerprint density at radius 3 is 2.50 bits per heavy atom. The molecule has 0 heterocycles. The first-order chi connectivity index (χ1) is 9.63. The first-order valence-corrected chi connectivity index (χ1v) is 6.84. The molecule has 1 fully saturated rings. The summed E-state index contributed by atoms with van der Waals surface area (Å²) in [5.74, 6) is 0.230. The summed E-state index contributed by atoms with van der Waals surface area (Å²) in [6.07, 6.45) is 1.63. The molecule has 1 aliphatic rings. The molecule has 5 heteroatoms. The smallest absolute Gasteiger partial charge is 0.407 e. The van der Waals surface area contributed by atoms with Crippen LogP contribution >= 0.6 is 0 Å². The Balaban J connectivity index is 1.85. The number of nitrogens with two attached hydrogens (primary N) is 1. The number of benzene rings is 1. The van der Waals surface area contributed by atoms with E-state index in [1.54, 1.807) is 0 Å². The van der Waals surface area contributed by atoms with Crippen LogP contribution in [0.25, 0.3) is 0 Å². The highest BCUT2D eigenvalue weighted by Gasteiger charge is 2.35. The van der Waals surface area contributed by atoms with Crippen LogP contribution in [0.2, 0.25) is 0 Å². The molecule has 108 valence electrons. The number of ether oxygens (including phenoxy) is 1. The van der Waals surface area contributed by atoms with E-state index >= 15 is 0 Å². The minimum absolute atomic E-state index is 0.228. The summed E-state index contributed by atoms with van der Waals surface area (Å²) in [7, 11) is 0. The Labute approximate surface area is 118 Å². The molecule has 0 spiro atoms. The molecule has 1 aromatic carbocycles. The highest BCUT2D eigenvalue weighted by Crippen LogP contribution is 2.25. The highest BCUT2D eigenvalue weighted by molar-refractivity contribution is 5.80. The second-order valence-corrected chi connectivity index (χ2v) is 5.21. The molecule has 0 aromatic heterocycles. The molecule has 0 atom stereocenters. The molecule has 1 saturated carbocycles. The Bertz CT molecular complexity index is 463. The molecule has 0 bridgehead atoms. The van der Waals surface area contributed by atoms with Crippen molar-refractivity contribution in [3.8, 4) is 0 Å². The van der Waals surface area contributed by atoms with E-state index in [-0.39, 0.29) is 12.4 Å². The standard InChI is InChI=1S/C15H20N2O3/c16-11-15(8-6-13(18)7-9-15)17-14(19)20-10-12-4-2-1-3-5-12/h1-5H,6-11,16H2,(H,17,19). The number of ketones is 1.